The van der Waals surface area contributed by atoms with Crippen molar-refractivity contribution in [3.63, 3.8) is 0 Å². The van der Waals surface area contributed by atoms with Crippen LogP contribution < -0.4 is 14.4 Å². The van der Waals surface area contributed by atoms with Crippen molar-refractivity contribution < 1.29 is 17.9 Å². The number of carbonyl (C=O) groups excluding carboxylic acids is 1. The SMILES string of the molecule is COc1ccc(S(=O)(=O)N(C)c2cccc(C(=O)N[C@H]3C[C@H]4CC[C@H]3C4)c2)cc1. The number of rotatable bonds is 6. The van der Waals surface area contributed by atoms with Gasteiger partial charge in [-0.05, 0) is 73.6 Å². The number of amides is 1. The lowest BCUT2D eigenvalue weighted by Crippen LogP contribution is -2.38. The van der Waals surface area contributed by atoms with Crippen molar-refractivity contribution in [2.75, 3.05) is 18.5 Å². The molecule has 2 aromatic rings. The summed E-state index contributed by atoms with van der Waals surface area (Å²) in [5, 5.41) is 3.16. The molecule has 0 heterocycles. The molecule has 7 heteroatoms. The van der Waals surface area contributed by atoms with Gasteiger partial charge < -0.3 is 10.1 Å². The van der Waals surface area contributed by atoms with Gasteiger partial charge in [-0.15, -0.1) is 0 Å². The molecule has 2 bridgehead atoms. The van der Waals surface area contributed by atoms with E-state index in [0.717, 1.165) is 12.3 Å². The van der Waals surface area contributed by atoms with Crippen LogP contribution in [-0.4, -0.2) is 34.5 Å². The molecule has 6 nitrogen and oxygen atoms in total. The second kappa shape index (κ2) is 7.71. The average Bonchev–Trinajstić information content (AvgIpc) is 3.36. The minimum atomic E-state index is -3.74. The Kier molecular flexibility index (Phi) is 5.25. The second-order valence-electron chi connectivity index (χ2n) is 7.95. The summed E-state index contributed by atoms with van der Waals surface area (Å²) in [6, 6.07) is 13.2. The Bertz CT molecular complexity index is 1000. The summed E-state index contributed by atoms with van der Waals surface area (Å²) < 4.78 is 32.2. The van der Waals surface area contributed by atoms with Gasteiger partial charge in [0.05, 0.1) is 17.7 Å². The van der Waals surface area contributed by atoms with Gasteiger partial charge in [0.1, 0.15) is 5.75 Å². The Morgan fingerprint density at radius 2 is 1.86 bits per heavy atom. The summed E-state index contributed by atoms with van der Waals surface area (Å²) in [5.41, 5.74) is 0.920. The van der Waals surface area contributed by atoms with Crippen LogP contribution in [0.4, 0.5) is 5.69 Å². The Balaban J connectivity index is 1.51. The zero-order valence-corrected chi connectivity index (χ0v) is 17.5. The van der Waals surface area contributed by atoms with Crippen LogP contribution in [0.15, 0.2) is 53.4 Å². The van der Waals surface area contributed by atoms with E-state index in [9.17, 15) is 13.2 Å². The maximum atomic E-state index is 13.0. The van der Waals surface area contributed by atoms with Crippen LogP contribution in [-0.2, 0) is 10.0 Å². The summed E-state index contributed by atoms with van der Waals surface area (Å²) in [5.74, 6) is 1.79. The van der Waals surface area contributed by atoms with Crippen molar-refractivity contribution in [3.05, 3.63) is 54.1 Å². The summed E-state index contributed by atoms with van der Waals surface area (Å²) in [7, 11) is -0.720. The number of anilines is 1. The highest BCUT2D eigenvalue weighted by Gasteiger charge is 2.40. The summed E-state index contributed by atoms with van der Waals surface area (Å²) in [4.78, 5) is 12.9. The van der Waals surface area contributed by atoms with Crippen LogP contribution in [0.1, 0.15) is 36.0 Å². The molecule has 154 valence electrons. The van der Waals surface area contributed by atoms with Crippen LogP contribution in [0.5, 0.6) is 5.75 Å². The van der Waals surface area contributed by atoms with Crippen LogP contribution in [0, 0.1) is 11.8 Å². The number of hydrogen-bond donors (Lipinski definition) is 1. The lowest BCUT2D eigenvalue weighted by Gasteiger charge is -2.23. The van der Waals surface area contributed by atoms with Crippen LogP contribution in [0.3, 0.4) is 0 Å². The highest BCUT2D eigenvalue weighted by Crippen LogP contribution is 2.44. The molecule has 2 aliphatic rings. The lowest BCUT2D eigenvalue weighted by atomic mass is 9.95. The molecule has 3 atom stereocenters. The molecule has 0 spiro atoms. The number of nitrogens with zero attached hydrogens (tertiary/aromatic N) is 1. The first-order valence-corrected chi connectivity index (χ1v) is 11.4. The first-order chi connectivity index (χ1) is 13.9. The number of hydrogen-bond acceptors (Lipinski definition) is 4. The van der Waals surface area contributed by atoms with Crippen LogP contribution in [0.25, 0.3) is 0 Å². The quantitative estimate of drug-likeness (QED) is 0.786. The summed E-state index contributed by atoms with van der Waals surface area (Å²) >= 11 is 0. The molecular formula is C22H26N2O4S. The molecule has 0 radical (unpaired) electrons. The number of benzene rings is 2. The maximum Gasteiger partial charge on any atom is 0.264 e. The van der Waals surface area contributed by atoms with Crippen molar-refractivity contribution in [1.82, 2.24) is 5.32 Å². The van der Waals surface area contributed by atoms with E-state index >= 15 is 0 Å². The minimum absolute atomic E-state index is 0.139. The number of sulfonamides is 1. The topological polar surface area (TPSA) is 75.7 Å². The lowest BCUT2D eigenvalue weighted by molar-refractivity contribution is 0.0923. The minimum Gasteiger partial charge on any atom is -0.497 e. The molecule has 0 aliphatic heterocycles. The largest absolute Gasteiger partial charge is 0.497 e. The molecule has 0 unspecified atom stereocenters. The second-order valence-corrected chi connectivity index (χ2v) is 9.92. The molecule has 0 aromatic heterocycles. The number of nitrogens with one attached hydrogen (secondary N) is 1. The van der Waals surface area contributed by atoms with Gasteiger partial charge in [0.2, 0.25) is 0 Å². The van der Waals surface area contributed by atoms with Crippen molar-refractivity contribution in [1.29, 1.82) is 0 Å². The molecule has 2 aliphatic carbocycles. The maximum absolute atomic E-state index is 13.0. The number of carbonyl (C=O) groups is 1. The van der Waals surface area contributed by atoms with Gasteiger partial charge in [0.15, 0.2) is 0 Å². The molecule has 2 aromatic carbocycles. The van der Waals surface area contributed by atoms with Crippen molar-refractivity contribution in [3.8, 4) is 5.75 Å². The summed E-state index contributed by atoms with van der Waals surface area (Å²) in [6.45, 7) is 0. The average molecular weight is 415 g/mol. The van der Waals surface area contributed by atoms with Gasteiger partial charge in [0, 0.05) is 18.7 Å². The molecular weight excluding hydrogens is 388 g/mol. The number of methoxy groups -OCH3 is 1. The molecule has 1 amide bonds. The van der Waals surface area contributed by atoms with E-state index in [1.165, 1.54) is 49.9 Å². The fraction of sp³-hybridized carbons (Fsp3) is 0.409. The summed E-state index contributed by atoms with van der Waals surface area (Å²) in [6.07, 6.45) is 4.74. The normalized spacial score (nSPS) is 23.0. The van der Waals surface area contributed by atoms with Crippen molar-refractivity contribution in [2.45, 2.75) is 36.6 Å². The van der Waals surface area contributed by atoms with Gasteiger partial charge in [-0.1, -0.05) is 12.5 Å². The third-order valence-electron chi connectivity index (χ3n) is 6.24. The van der Waals surface area contributed by atoms with E-state index in [1.807, 2.05) is 0 Å². The van der Waals surface area contributed by atoms with E-state index < -0.39 is 10.0 Å². The van der Waals surface area contributed by atoms with Gasteiger partial charge in [0.25, 0.3) is 15.9 Å². The monoisotopic (exact) mass is 414 g/mol. The predicted molar refractivity (Wildman–Crippen MR) is 112 cm³/mol. The van der Waals surface area contributed by atoms with Crippen LogP contribution >= 0.6 is 0 Å². The zero-order chi connectivity index (χ0) is 20.6. The Hall–Kier alpha value is -2.54. The highest BCUT2D eigenvalue weighted by molar-refractivity contribution is 7.92. The third kappa shape index (κ3) is 3.83. The Labute approximate surface area is 171 Å². The highest BCUT2D eigenvalue weighted by atomic mass is 32.2. The first kappa shape index (κ1) is 19.8. The standard InChI is InChI=1S/C22H26N2O4S/c1-24(29(26,27)20-10-8-19(28-2)9-11-20)18-5-3-4-17(14-18)22(25)23-21-13-15-6-7-16(21)12-15/h3-5,8-11,14-16,21H,6-7,12-13H2,1-2H3,(H,23,25)/t15-,16-,21-/m0/s1. The van der Waals surface area contributed by atoms with Gasteiger partial charge in [-0.3, -0.25) is 9.10 Å². The number of fused-ring (bicyclic) bond motifs is 2. The van der Waals surface area contributed by atoms with Gasteiger partial charge in [-0.25, -0.2) is 8.42 Å². The molecule has 2 saturated carbocycles. The predicted octanol–water partition coefficient (Wildman–Crippen LogP) is 3.44. The van der Waals surface area contributed by atoms with E-state index in [1.54, 1.807) is 36.4 Å². The third-order valence-corrected chi connectivity index (χ3v) is 8.04. The van der Waals surface area contributed by atoms with E-state index in [4.69, 9.17) is 4.74 Å². The molecule has 0 saturated heterocycles. The van der Waals surface area contributed by atoms with E-state index in [0.29, 0.717) is 22.9 Å². The van der Waals surface area contributed by atoms with Crippen LogP contribution in [0.2, 0.25) is 0 Å². The zero-order valence-electron chi connectivity index (χ0n) is 16.7. The van der Waals surface area contributed by atoms with Gasteiger partial charge >= 0.3 is 0 Å². The van der Waals surface area contributed by atoms with Gasteiger partial charge in [-0.2, -0.15) is 0 Å². The molecule has 1 N–H and O–H groups in total. The molecule has 29 heavy (non-hydrogen) atoms. The van der Waals surface area contributed by atoms with E-state index in [2.05, 4.69) is 5.32 Å². The number of ether oxygens (including phenoxy) is 1. The fourth-order valence-corrected chi connectivity index (χ4v) is 5.75. The Morgan fingerprint density at radius 3 is 2.48 bits per heavy atom. The fourth-order valence-electron chi connectivity index (χ4n) is 4.56. The molecule has 2 fully saturated rings. The Morgan fingerprint density at radius 1 is 1.10 bits per heavy atom. The first-order valence-electron chi connectivity index (χ1n) is 9.92. The van der Waals surface area contributed by atoms with Crippen molar-refractivity contribution in [2.24, 2.45) is 11.8 Å². The van der Waals surface area contributed by atoms with E-state index in [-0.39, 0.29) is 16.8 Å². The molecule has 4 rings (SSSR count). The van der Waals surface area contributed by atoms with Crippen molar-refractivity contribution >= 4 is 21.6 Å². The smallest absolute Gasteiger partial charge is 0.264 e.